The number of hydrogen-bond donors (Lipinski definition) is 3. The van der Waals surface area contributed by atoms with E-state index in [-0.39, 0.29) is 12.5 Å². The van der Waals surface area contributed by atoms with Crippen molar-refractivity contribution < 1.29 is 28.6 Å². The molecule has 39 heavy (non-hydrogen) atoms. The molecule has 3 N–H and O–H groups in total. The van der Waals surface area contributed by atoms with Crippen LogP contribution in [-0.4, -0.2) is 43.8 Å². The van der Waals surface area contributed by atoms with E-state index in [2.05, 4.69) is 28.1 Å². The van der Waals surface area contributed by atoms with Crippen LogP contribution in [0.5, 0.6) is 17.2 Å². The van der Waals surface area contributed by atoms with Crippen LogP contribution >= 0.6 is 0 Å². The standard InChI is InChI=1S/C29H32N4O6/c1-3-5-17-38-25-15-11-23(12-16-25)32-28(35)29(36)33-30-19-21-7-6-8-26(18-21)39-20-27(34)31-22-9-13-24(14-10-22)37-4-2/h6-16,18-19H,3-5,17,20H2,1-2H3,(H,31,34)(H,32,35)(H,33,36)/b30-19-. The Morgan fingerprint density at radius 2 is 1.44 bits per heavy atom. The van der Waals surface area contributed by atoms with Crippen LogP contribution in [0.15, 0.2) is 77.9 Å². The molecule has 0 atom stereocenters. The summed E-state index contributed by atoms with van der Waals surface area (Å²) in [5.74, 6) is -0.257. The number of carbonyl (C=O) groups is 3. The maximum absolute atomic E-state index is 12.2. The van der Waals surface area contributed by atoms with Gasteiger partial charge in [-0.3, -0.25) is 14.4 Å². The zero-order valence-electron chi connectivity index (χ0n) is 21.9. The van der Waals surface area contributed by atoms with Crippen molar-refractivity contribution in [2.75, 3.05) is 30.5 Å². The summed E-state index contributed by atoms with van der Waals surface area (Å²) in [7, 11) is 0. The molecular formula is C29H32N4O6. The zero-order chi connectivity index (χ0) is 27.9. The lowest BCUT2D eigenvalue weighted by atomic mass is 10.2. The number of amides is 3. The van der Waals surface area contributed by atoms with Gasteiger partial charge in [0.05, 0.1) is 19.4 Å². The van der Waals surface area contributed by atoms with Gasteiger partial charge in [0.15, 0.2) is 6.61 Å². The number of anilines is 2. The number of benzene rings is 3. The minimum Gasteiger partial charge on any atom is -0.494 e. The van der Waals surface area contributed by atoms with E-state index >= 15 is 0 Å². The van der Waals surface area contributed by atoms with E-state index in [1.807, 2.05) is 6.92 Å². The molecule has 0 aliphatic rings. The van der Waals surface area contributed by atoms with E-state index in [9.17, 15) is 14.4 Å². The second-order valence-electron chi connectivity index (χ2n) is 8.25. The Bertz CT molecular complexity index is 1260. The van der Waals surface area contributed by atoms with Gasteiger partial charge in [-0.05, 0) is 79.6 Å². The second-order valence-corrected chi connectivity index (χ2v) is 8.25. The van der Waals surface area contributed by atoms with E-state index in [4.69, 9.17) is 14.2 Å². The summed E-state index contributed by atoms with van der Waals surface area (Å²) in [4.78, 5) is 36.4. The highest BCUT2D eigenvalue weighted by Crippen LogP contribution is 2.17. The smallest absolute Gasteiger partial charge is 0.329 e. The number of nitrogens with zero attached hydrogens (tertiary/aromatic N) is 1. The third-order valence-corrected chi connectivity index (χ3v) is 5.14. The summed E-state index contributed by atoms with van der Waals surface area (Å²) in [5, 5.41) is 9.07. The predicted octanol–water partition coefficient (Wildman–Crippen LogP) is 4.37. The maximum atomic E-state index is 12.2. The summed E-state index contributed by atoms with van der Waals surface area (Å²) in [6.45, 7) is 4.97. The van der Waals surface area contributed by atoms with E-state index in [1.54, 1.807) is 72.8 Å². The fraction of sp³-hybridized carbons (Fsp3) is 0.241. The molecule has 0 radical (unpaired) electrons. The molecule has 0 aliphatic heterocycles. The van der Waals surface area contributed by atoms with Crippen LogP contribution in [0.1, 0.15) is 32.3 Å². The third kappa shape index (κ3) is 10.2. The van der Waals surface area contributed by atoms with Gasteiger partial charge < -0.3 is 24.8 Å². The lowest BCUT2D eigenvalue weighted by Crippen LogP contribution is -2.32. The number of ether oxygens (including phenoxy) is 3. The maximum Gasteiger partial charge on any atom is 0.329 e. The molecular weight excluding hydrogens is 500 g/mol. The average molecular weight is 533 g/mol. The van der Waals surface area contributed by atoms with Gasteiger partial charge in [-0.2, -0.15) is 5.10 Å². The Balaban J connectivity index is 1.42. The van der Waals surface area contributed by atoms with Crippen molar-refractivity contribution in [3.63, 3.8) is 0 Å². The van der Waals surface area contributed by atoms with Gasteiger partial charge in [0.25, 0.3) is 5.91 Å². The number of nitrogens with one attached hydrogen (secondary N) is 3. The fourth-order valence-corrected chi connectivity index (χ4v) is 3.20. The number of hydrazone groups is 1. The van der Waals surface area contributed by atoms with Crippen molar-refractivity contribution >= 4 is 35.3 Å². The van der Waals surface area contributed by atoms with Crippen LogP contribution in [0.25, 0.3) is 0 Å². The van der Waals surface area contributed by atoms with Gasteiger partial charge in [-0.1, -0.05) is 25.5 Å². The summed E-state index contributed by atoms with van der Waals surface area (Å²) < 4.78 is 16.5. The fourth-order valence-electron chi connectivity index (χ4n) is 3.20. The topological polar surface area (TPSA) is 127 Å². The van der Waals surface area contributed by atoms with Gasteiger partial charge in [0, 0.05) is 11.4 Å². The first kappa shape index (κ1) is 28.7. The van der Waals surface area contributed by atoms with Gasteiger partial charge in [0.1, 0.15) is 17.2 Å². The molecule has 3 rings (SSSR count). The molecule has 10 heteroatoms. The molecule has 3 aromatic rings. The van der Waals surface area contributed by atoms with Gasteiger partial charge >= 0.3 is 11.8 Å². The van der Waals surface area contributed by atoms with Crippen LogP contribution in [0.2, 0.25) is 0 Å². The summed E-state index contributed by atoms with van der Waals surface area (Å²) in [6, 6.07) is 20.6. The van der Waals surface area contributed by atoms with E-state index in [0.717, 1.165) is 18.6 Å². The molecule has 0 spiro atoms. The van der Waals surface area contributed by atoms with Crippen molar-refractivity contribution in [2.45, 2.75) is 26.7 Å². The lowest BCUT2D eigenvalue weighted by Gasteiger charge is -2.09. The Kier molecular flexibility index (Phi) is 11.3. The molecule has 0 heterocycles. The Hall–Kier alpha value is -4.86. The second kappa shape index (κ2) is 15.4. The monoisotopic (exact) mass is 532 g/mol. The first-order valence-corrected chi connectivity index (χ1v) is 12.6. The molecule has 0 saturated carbocycles. The van der Waals surface area contributed by atoms with Crippen LogP contribution < -0.4 is 30.3 Å². The van der Waals surface area contributed by atoms with Crippen LogP contribution in [-0.2, 0) is 14.4 Å². The van der Waals surface area contributed by atoms with Crippen molar-refractivity contribution in [3.8, 4) is 17.2 Å². The van der Waals surface area contributed by atoms with E-state index in [0.29, 0.717) is 41.7 Å². The molecule has 0 fully saturated rings. The SMILES string of the molecule is CCCCOc1ccc(NC(=O)C(=O)N/N=C\c2cccc(OCC(=O)Nc3ccc(OCC)cc3)c2)cc1. The van der Waals surface area contributed by atoms with Crippen molar-refractivity contribution in [1.29, 1.82) is 0 Å². The molecule has 0 bridgehead atoms. The molecule has 3 aromatic carbocycles. The number of unbranched alkanes of at least 4 members (excludes halogenated alkanes) is 1. The van der Waals surface area contributed by atoms with E-state index in [1.165, 1.54) is 6.21 Å². The van der Waals surface area contributed by atoms with Gasteiger partial charge in [-0.15, -0.1) is 0 Å². The average Bonchev–Trinajstić information content (AvgIpc) is 2.94. The highest BCUT2D eigenvalue weighted by atomic mass is 16.5. The van der Waals surface area contributed by atoms with Crippen molar-refractivity contribution in [2.24, 2.45) is 5.10 Å². The van der Waals surface area contributed by atoms with Crippen LogP contribution in [0, 0.1) is 0 Å². The van der Waals surface area contributed by atoms with E-state index < -0.39 is 11.8 Å². The molecule has 3 amide bonds. The van der Waals surface area contributed by atoms with Crippen molar-refractivity contribution in [3.05, 3.63) is 78.4 Å². The lowest BCUT2D eigenvalue weighted by molar-refractivity contribution is -0.136. The molecule has 0 aromatic heterocycles. The first-order valence-electron chi connectivity index (χ1n) is 12.6. The van der Waals surface area contributed by atoms with Gasteiger partial charge in [-0.25, -0.2) is 5.43 Å². The molecule has 0 saturated heterocycles. The predicted molar refractivity (Wildman–Crippen MR) is 149 cm³/mol. The van der Waals surface area contributed by atoms with Gasteiger partial charge in [0.2, 0.25) is 0 Å². The first-order chi connectivity index (χ1) is 19.0. The summed E-state index contributed by atoms with van der Waals surface area (Å²) in [6.07, 6.45) is 3.36. The van der Waals surface area contributed by atoms with Crippen molar-refractivity contribution in [1.82, 2.24) is 5.43 Å². The molecule has 0 aliphatic carbocycles. The highest BCUT2D eigenvalue weighted by molar-refractivity contribution is 6.39. The normalized spacial score (nSPS) is 10.5. The highest BCUT2D eigenvalue weighted by Gasteiger charge is 2.13. The molecule has 0 unspecified atom stereocenters. The minimum absolute atomic E-state index is 0.198. The summed E-state index contributed by atoms with van der Waals surface area (Å²) >= 11 is 0. The number of hydrogen-bond acceptors (Lipinski definition) is 7. The number of carbonyl (C=O) groups excluding carboxylic acids is 3. The molecule has 10 nitrogen and oxygen atoms in total. The quantitative estimate of drug-likeness (QED) is 0.130. The third-order valence-electron chi connectivity index (χ3n) is 5.14. The van der Waals surface area contributed by atoms with Crippen LogP contribution in [0.3, 0.4) is 0 Å². The Morgan fingerprint density at radius 3 is 2.10 bits per heavy atom. The largest absolute Gasteiger partial charge is 0.494 e. The molecule has 204 valence electrons. The Morgan fingerprint density at radius 1 is 0.769 bits per heavy atom. The number of rotatable bonds is 13. The Labute approximate surface area is 227 Å². The summed E-state index contributed by atoms with van der Waals surface area (Å²) in [5.41, 5.74) is 3.86. The van der Waals surface area contributed by atoms with Crippen LogP contribution in [0.4, 0.5) is 11.4 Å². The zero-order valence-corrected chi connectivity index (χ0v) is 21.9. The minimum atomic E-state index is -0.923.